The Hall–Kier alpha value is -7.11. The van der Waals surface area contributed by atoms with Crippen LogP contribution in [0.15, 0.2) is 176 Å². The van der Waals surface area contributed by atoms with Crippen LogP contribution in [0.3, 0.4) is 0 Å². The molecule has 0 N–H and O–H groups in total. The summed E-state index contributed by atoms with van der Waals surface area (Å²) in [5.74, 6) is 1.85. The number of hydrogen-bond donors (Lipinski definition) is 0. The summed E-state index contributed by atoms with van der Waals surface area (Å²) < 4.78 is 2.19. The maximum atomic E-state index is 5.13. The summed E-state index contributed by atoms with van der Waals surface area (Å²) in [6.45, 7) is 0. The third kappa shape index (κ3) is 4.98. The van der Waals surface area contributed by atoms with Crippen molar-refractivity contribution in [2.75, 3.05) is 4.90 Å². The first kappa shape index (κ1) is 29.8. The van der Waals surface area contributed by atoms with Crippen molar-refractivity contribution in [1.29, 1.82) is 0 Å². The van der Waals surface area contributed by atoms with Crippen molar-refractivity contribution in [2.24, 2.45) is 0 Å². The van der Waals surface area contributed by atoms with E-state index < -0.39 is 0 Å². The summed E-state index contributed by atoms with van der Waals surface area (Å²) >= 11 is 0. The zero-order valence-electron chi connectivity index (χ0n) is 28.1. The van der Waals surface area contributed by atoms with E-state index >= 15 is 0 Å². The van der Waals surface area contributed by atoms with Crippen molar-refractivity contribution in [3.8, 4) is 39.9 Å². The molecule has 2 aromatic heterocycles. The van der Waals surface area contributed by atoms with Gasteiger partial charge in [0.25, 0.3) is 0 Å². The molecular formula is C47H31N5. The topological polar surface area (TPSA) is 46.8 Å². The Kier molecular flexibility index (Phi) is 7.07. The molecule has 10 rings (SSSR count). The van der Waals surface area contributed by atoms with Crippen LogP contribution in [0.2, 0.25) is 0 Å². The van der Waals surface area contributed by atoms with Crippen molar-refractivity contribution in [3.05, 3.63) is 187 Å². The highest BCUT2D eigenvalue weighted by Gasteiger charge is 2.23. The first-order valence-electron chi connectivity index (χ1n) is 17.5. The van der Waals surface area contributed by atoms with Crippen molar-refractivity contribution in [3.63, 3.8) is 0 Å². The third-order valence-corrected chi connectivity index (χ3v) is 9.80. The molecule has 0 aliphatic carbocycles. The Labute approximate surface area is 301 Å². The first-order chi connectivity index (χ1) is 25.8. The quantitative estimate of drug-likeness (QED) is 0.184. The maximum Gasteiger partial charge on any atom is 0.238 e. The lowest BCUT2D eigenvalue weighted by Crippen LogP contribution is -2.11. The molecule has 244 valence electrons. The Morgan fingerprint density at radius 2 is 1.00 bits per heavy atom. The summed E-state index contributed by atoms with van der Waals surface area (Å²) in [4.78, 5) is 17.6. The van der Waals surface area contributed by atoms with Crippen LogP contribution < -0.4 is 4.90 Å². The number of fused-ring (bicyclic) bond motifs is 5. The second kappa shape index (κ2) is 12.3. The number of anilines is 3. The Balaban J connectivity index is 1.19. The molecular weight excluding hydrogens is 635 g/mol. The van der Waals surface area contributed by atoms with Gasteiger partial charge < -0.3 is 4.90 Å². The summed E-state index contributed by atoms with van der Waals surface area (Å²) in [7, 11) is 0. The van der Waals surface area contributed by atoms with Crippen LogP contribution in [0.1, 0.15) is 11.1 Å². The molecule has 0 fully saturated rings. The SMILES string of the molecule is C1=Cc2cc(-c3cccc4c3c3ccccc3n4-c3nc(-c4ccccc4)nc(-c4ccccc4)n3)ccc2N(c2ccccc2)c2ccccc21. The van der Waals surface area contributed by atoms with E-state index in [0.717, 1.165) is 66.7 Å². The molecule has 0 radical (unpaired) electrons. The van der Waals surface area contributed by atoms with Crippen LogP contribution in [0, 0.1) is 0 Å². The Bertz CT molecular complexity index is 2730. The fraction of sp³-hybridized carbons (Fsp3) is 0. The molecule has 0 atom stereocenters. The average molecular weight is 666 g/mol. The fourth-order valence-corrected chi connectivity index (χ4v) is 7.43. The van der Waals surface area contributed by atoms with Crippen molar-refractivity contribution in [2.45, 2.75) is 0 Å². The standard InChI is InChI=1S/C47H31N5/c1-4-16-33(17-5-1)45-48-46(34-18-6-2-7-19-34)50-47(49-45)52-42-25-13-11-22-39(42)44-38(23-14-26-43(44)52)35-29-30-41-36(31-35)28-27-32-15-10-12-24-40(32)51(41)37-20-8-3-9-21-37/h1-31H. The van der Waals surface area contributed by atoms with E-state index in [9.17, 15) is 0 Å². The predicted molar refractivity (Wildman–Crippen MR) is 214 cm³/mol. The molecule has 5 heteroatoms. The second-order valence-electron chi connectivity index (χ2n) is 12.9. The number of benzene rings is 7. The van der Waals surface area contributed by atoms with Crippen LogP contribution in [0.5, 0.6) is 0 Å². The van der Waals surface area contributed by atoms with Gasteiger partial charge in [0.2, 0.25) is 5.95 Å². The maximum absolute atomic E-state index is 5.13. The second-order valence-corrected chi connectivity index (χ2v) is 12.9. The average Bonchev–Trinajstić information content (AvgIpc) is 3.47. The smallest absolute Gasteiger partial charge is 0.238 e. The van der Waals surface area contributed by atoms with Gasteiger partial charge in [-0.05, 0) is 64.7 Å². The van der Waals surface area contributed by atoms with Crippen molar-refractivity contribution < 1.29 is 0 Å². The molecule has 0 unspecified atom stereocenters. The molecule has 3 heterocycles. The van der Waals surface area contributed by atoms with Crippen LogP contribution in [-0.2, 0) is 0 Å². The molecule has 9 aromatic rings. The van der Waals surface area contributed by atoms with Crippen LogP contribution in [0.4, 0.5) is 17.1 Å². The minimum Gasteiger partial charge on any atom is -0.309 e. The van der Waals surface area contributed by atoms with Crippen LogP contribution in [0.25, 0.3) is 73.8 Å². The Morgan fingerprint density at radius 3 is 1.75 bits per heavy atom. The lowest BCUT2D eigenvalue weighted by molar-refractivity contribution is 0.953. The van der Waals surface area contributed by atoms with Crippen LogP contribution in [-0.4, -0.2) is 19.5 Å². The van der Waals surface area contributed by atoms with Crippen LogP contribution >= 0.6 is 0 Å². The largest absolute Gasteiger partial charge is 0.309 e. The molecule has 52 heavy (non-hydrogen) atoms. The van der Waals surface area contributed by atoms with Gasteiger partial charge in [-0.1, -0.05) is 146 Å². The van der Waals surface area contributed by atoms with E-state index in [1.165, 1.54) is 5.56 Å². The van der Waals surface area contributed by atoms with E-state index in [4.69, 9.17) is 15.0 Å². The first-order valence-corrected chi connectivity index (χ1v) is 17.5. The molecule has 0 spiro atoms. The fourth-order valence-electron chi connectivity index (χ4n) is 7.43. The van der Waals surface area contributed by atoms with Gasteiger partial charge in [0.1, 0.15) is 0 Å². The van der Waals surface area contributed by atoms with Gasteiger partial charge in [-0.3, -0.25) is 4.57 Å². The molecule has 1 aliphatic heterocycles. The summed E-state index contributed by atoms with van der Waals surface area (Å²) in [5.41, 5.74) is 12.0. The molecule has 1 aliphatic rings. The van der Waals surface area contributed by atoms with Gasteiger partial charge in [-0.25, -0.2) is 4.98 Å². The van der Waals surface area contributed by atoms with Gasteiger partial charge in [-0.2, -0.15) is 9.97 Å². The molecule has 0 saturated carbocycles. The van der Waals surface area contributed by atoms with Crippen molar-refractivity contribution >= 4 is 51.0 Å². The van der Waals surface area contributed by atoms with Gasteiger partial charge in [-0.15, -0.1) is 0 Å². The lowest BCUT2D eigenvalue weighted by Gasteiger charge is -2.27. The highest BCUT2D eigenvalue weighted by molar-refractivity contribution is 6.15. The number of para-hydroxylation sites is 3. The highest BCUT2D eigenvalue weighted by atomic mass is 15.2. The number of rotatable bonds is 5. The minimum atomic E-state index is 0.581. The normalized spacial score (nSPS) is 12.1. The highest BCUT2D eigenvalue weighted by Crippen LogP contribution is 2.44. The summed E-state index contributed by atoms with van der Waals surface area (Å²) in [6.07, 6.45) is 4.47. The Morgan fingerprint density at radius 1 is 0.404 bits per heavy atom. The van der Waals surface area contributed by atoms with E-state index in [0.29, 0.717) is 17.6 Å². The number of nitrogens with zero attached hydrogens (tertiary/aromatic N) is 5. The minimum absolute atomic E-state index is 0.581. The molecule has 0 bridgehead atoms. The van der Waals surface area contributed by atoms with E-state index in [1.54, 1.807) is 0 Å². The van der Waals surface area contributed by atoms with Crippen molar-refractivity contribution in [1.82, 2.24) is 19.5 Å². The third-order valence-electron chi connectivity index (χ3n) is 9.80. The van der Waals surface area contributed by atoms with Gasteiger partial charge in [0, 0.05) is 27.6 Å². The number of aromatic nitrogens is 4. The van der Waals surface area contributed by atoms with Gasteiger partial charge in [0.15, 0.2) is 11.6 Å². The molecule has 7 aromatic carbocycles. The lowest BCUT2D eigenvalue weighted by atomic mass is 9.96. The van der Waals surface area contributed by atoms with E-state index in [-0.39, 0.29) is 0 Å². The summed E-state index contributed by atoms with van der Waals surface area (Å²) in [6, 6.07) is 61.3. The van der Waals surface area contributed by atoms with Gasteiger partial charge in [0.05, 0.1) is 22.4 Å². The van der Waals surface area contributed by atoms with Gasteiger partial charge >= 0.3 is 0 Å². The monoisotopic (exact) mass is 665 g/mol. The van der Waals surface area contributed by atoms with E-state index in [2.05, 4.69) is 137 Å². The predicted octanol–water partition coefficient (Wildman–Crippen LogP) is 11.9. The molecule has 0 saturated heterocycles. The summed E-state index contributed by atoms with van der Waals surface area (Å²) in [5, 5.41) is 2.29. The van der Waals surface area contributed by atoms with E-state index in [1.807, 2.05) is 60.7 Å². The number of hydrogen-bond acceptors (Lipinski definition) is 4. The molecule has 5 nitrogen and oxygen atoms in total. The molecule has 0 amide bonds. The zero-order chi connectivity index (χ0) is 34.4. The zero-order valence-corrected chi connectivity index (χ0v) is 28.1.